The lowest BCUT2D eigenvalue weighted by atomic mass is 10.1. The zero-order valence-electron chi connectivity index (χ0n) is 15.5. The molecule has 2 heterocycles. The van der Waals surface area contributed by atoms with E-state index in [1.165, 1.54) is 41.7 Å². The van der Waals surface area contributed by atoms with Crippen molar-refractivity contribution in [1.29, 1.82) is 0 Å². The molecule has 0 saturated carbocycles. The molecule has 0 aliphatic heterocycles. The first kappa shape index (κ1) is 21.4. The molecule has 0 radical (unpaired) electrons. The summed E-state index contributed by atoms with van der Waals surface area (Å²) in [4.78, 5) is 34.2. The predicted octanol–water partition coefficient (Wildman–Crippen LogP) is 4.95. The molecular weight excluding hydrogens is 430 g/mol. The van der Waals surface area contributed by atoms with Gasteiger partial charge in [0.05, 0.1) is 17.1 Å². The van der Waals surface area contributed by atoms with Gasteiger partial charge < -0.3 is 5.32 Å². The third kappa shape index (κ3) is 5.00. The minimum absolute atomic E-state index is 0.0533. The molecule has 0 aliphatic rings. The summed E-state index contributed by atoms with van der Waals surface area (Å²) in [6, 6.07) is 8.47. The van der Waals surface area contributed by atoms with Crippen molar-refractivity contribution >= 4 is 52.2 Å². The summed E-state index contributed by atoms with van der Waals surface area (Å²) in [5.74, 6) is -1.09. The van der Waals surface area contributed by atoms with Gasteiger partial charge in [0.25, 0.3) is 5.91 Å². The van der Waals surface area contributed by atoms with Crippen molar-refractivity contribution in [2.24, 2.45) is 0 Å². The number of amides is 2. The van der Waals surface area contributed by atoms with Crippen LogP contribution >= 0.6 is 23.2 Å². The number of pyridine rings is 2. The molecule has 0 spiro atoms. The van der Waals surface area contributed by atoms with Crippen molar-refractivity contribution in [3.05, 3.63) is 89.1 Å². The van der Waals surface area contributed by atoms with Crippen molar-refractivity contribution in [2.75, 3.05) is 10.2 Å². The Morgan fingerprint density at radius 1 is 1.13 bits per heavy atom. The number of anilines is 3. The number of benzene rings is 1. The molecule has 6 nitrogen and oxygen atoms in total. The molecule has 0 bridgehead atoms. The first-order valence-electron chi connectivity index (χ1n) is 8.65. The van der Waals surface area contributed by atoms with Crippen molar-refractivity contribution in [1.82, 2.24) is 9.97 Å². The van der Waals surface area contributed by atoms with E-state index in [1.807, 2.05) is 0 Å². The third-order valence-electron chi connectivity index (χ3n) is 4.01. The van der Waals surface area contributed by atoms with Crippen LogP contribution in [0.4, 0.5) is 21.6 Å². The van der Waals surface area contributed by atoms with Crippen LogP contribution in [0.15, 0.2) is 67.6 Å². The summed E-state index contributed by atoms with van der Waals surface area (Å²) in [6.07, 6.45) is 5.40. The summed E-state index contributed by atoms with van der Waals surface area (Å²) in [5.41, 5.74) is 1.25. The number of nitrogens with zero attached hydrogens (tertiary/aromatic N) is 3. The fourth-order valence-electron chi connectivity index (χ4n) is 2.66. The molecule has 2 aromatic heterocycles. The van der Waals surface area contributed by atoms with Gasteiger partial charge in [0.15, 0.2) is 0 Å². The Hall–Kier alpha value is -3.29. The molecule has 0 atom stereocenters. The zero-order valence-corrected chi connectivity index (χ0v) is 17.0. The number of rotatable bonds is 6. The number of hydrogen-bond donors (Lipinski definition) is 1. The van der Waals surface area contributed by atoms with Gasteiger partial charge in [-0.15, -0.1) is 0 Å². The van der Waals surface area contributed by atoms with Crippen LogP contribution in [0.25, 0.3) is 0 Å². The Morgan fingerprint density at radius 2 is 1.93 bits per heavy atom. The maximum atomic E-state index is 13.2. The molecule has 0 fully saturated rings. The van der Waals surface area contributed by atoms with Crippen molar-refractivity contribution in [3.8, 4) is 0 Å². The van der Waals surface area contributed by atoms with Crippen LogP contribution in [-0.4, -0.2) is 21.8 Å². The van der Waals surface area contributed by atoms with Crippen molar-refractivity contribution in [3.63, 3.8) is 0 Å². The smallest absolute Gasteiger partial charge is 0.256 e. The number of carbonyl (C=O) groups excluding carboxylic acids is 2. The van der Waals surface area contributed by atoms with Crippen molar-refractivity contribution < 1.29 is 14.0 Å². The molecule has 0 aliphatic carbocycles. The van der Waals surface area contributed by atoms with Crippen LogP contribution in [0.1, 0.15) is 5.56 Å². The molecule has 2 amide bonds. The first-order valence-corrected chi connectivity index (χ1v) is 9.40. The number of hydrogen-bond acceptors (Lipinski definition) is 4. The van der Waals surface area contributed by atoms with Gasteiger partial charge in [0.2, 0.25) is 5.91 Å². The fourth-order valence-corrected chi connectivity index (χ4v) is 3.10. The van der Waals surface area contributed by atoms with Crippen LogP contribution < -0.4 is 10.2 Å². The van der Waals surface area contributed by atoms with Crippen LogP contribution in [0.3, 0.4) is 0 Å². The van der Waals surface area contributed by atoms with Gasteiger partial charge in [-0.05, 0) is 35.9 Å². The summed E-state index contributed by atoms with van der Waals surface area (Å²) in [7, 11) is 0. The van der Waals surface area contributed by atoms with Gasteiger partial charge >= 0.3 is 0 Å². The topological polar surface area (TPSA) is 75.2 Å². The van der Waals surface area contributed by atoms with Crippen LogP contribution in [0.5, 0.6) is 0 Å². The van der Waals surface area contributed by atoms with E-state index in [0.717, 1.165) is 12.1 Å². The summed E-state index contributed by atoms with van der Waals surface area (Å²) < 4.78 is 13.2. The normalized spacial score (nSPS) is 10.4. The second-order valence-electron chi connectivity index (χ2n) is 6.07. The van der Waals surface area contributed by atoms with Gasteiger partial charge in [-0.3, -0.25) is 19.5 Å². The molecule has 3 aromatic rings. The Bertz CT molecular complexity index is 1120. The van der Waals surface area contributed by atoms with Gasteiger partial charge in [0.1, 0.15) is 11.6 Å². The molecule has 0 unspecified atom stereocenters. The molecule has 9 heteroatoms. The Morgan fingerprint density at radius 3 is 2.63 bits per heavy atom. The molecule has 1 N–H and O–H groups in total. The van der Waals surface area contributed by atoms with E-state index in [2.05, 4.69) is 21.9 Å². The number of carbonyl (C=O) groups is 2. The molecular formula is C21H15Cl2FN4O2. The van der Waals surface area contributed by atoms with Crippen LogP contribution in [0.2, 0.25) is 10.0 Å². The van der Waals surface area contributed by atoms with Crippen LogP contribution in [-0.2, 0) is 16.0 Å². The molecule has 152 valence electrons. The predicted molar refractivity (Wildman–Crippen MR) is 115 cm³/mol. The monoisotopic (exact) mass is 444 g/mol. The highest BCUT2D eigenvalue weighted by Crippen LogP contribution is 2.31. The molecule has 1 aromatic carbocycles. The highest BCUT2D eigenvalue weighted by atomic mass is 35.5. The minimum atomic E-state index is -0.482. The molecule has 3 rings (SSSR count). The number of aromatic nitrogens is 2. The largest absolute Gasteiger partial charge is 0.326 e. The molecule has 0 saturated heterocycles. The van der Waals surface area contributed by atoms with E-state index in [9.17, 15) is 14.0 Å². The second-order valence-corrected chi connectivity index (χ2v) is 6.88. The standard InChI is InChI=1S/C21H15Cl2FN4O2/c1-2-21(30)28(18-6-7-25-12-17(18)23)19-11-15(5-8-26-19)27-20(29)9-13-3-4-14(24)10-16(13)22/h2-8,10-12H,1,9H2,(H,26,27,29). The van der Waals surface area contributed by atoms with Crippen LogP contribution in [0, 0.1) is 5.82 Å². The lowest BCUT2D eigenvalue weighted by Crippen LogP contribution is -2.25. The average molecular weight is 445 g/mol. The Kier molecular flexibility index (Phi) is 6.76. The van der Waals surface area contributed by atoms with E-state index in [0.29, 0.717) is 16.9 Å². The van der Waals surface area contributed by atoms with E-state index in [1.54, 1.807) is 12.1 Å². The Balaban J connectivity index is 1.85. The Labute approximate surface area is 182 Å². The first-order chi connectivity index (χ1) is 14.4. The van der Waals surface area contributed by atoms with E-state index in [-0.39, 0.29) is 28.2 Å². The lowest BCUT2D eigenvalue weighted by Gasteiger charge is -2.21. The summed E-state index contributed by atoms with van der Waals surface area (Å²) >= 11 is 12.2. The lowest BCUT2D eigenvalue weighted by molar-refractivity contribution is -0.115. The SMILES string of the molecule is C=CC(=O)N(c1cc(NC(=O)Cc2ccc(F)cc2Cl)ccn1)c1ccncc1Cl. The maximum Gasteiger partial charge on any atom is 0.256 e. The zero-order chi connectivity index (χ0) is 21.7. The summed E-state index contributed by atoms with van der Waals surface area (Å²) in [5, 5.41) is 3.12. The second kappa shape index (κ2) is 9.47. The molecule has 30 heavy (non-hydrogen) atoms. The number of halogens is 3. The highest BCUT2D eigenvalue weighted by molar-refractivity contribution is 6.34. The van der Waals surface area contributed by atoms with Gasteiger partial charge in [0, 0.05) is 35.4 Å². The van der Waals surface area contributed by atoms with E-state index < -0.39 is 11.7 Å². The third-order valence-corrected chi connectivity index (χ3v) is 4.65. The number of nitrogens with one attached hydrogen (secondary N) is 1. The van der Waals surface area contributed by atoms with E-state index in [4.69, 9.17) is 23.2 Å². The fraction of sp³-hybridized carbons (Fsp3) is 0.0476. The van der Waals surface area contributed by atoms with Gasteiger partial charge in [-0.25, -0.2) is 9.37 Å². The summed E-state index contributed by atoms with van der Waals surface area (Å²) in [6.45, 7) is 3.51. The van der Waals surface area contributed by atoms with Crippen molar-refractivity contribution in [2.45, 2.75) is 6.42 Å². The highest BCUT2D eigenvalue weighted by Gasteiger charge is 2.20. The van der Waals surface area contributed by atoms with Gasteiger partial charge in [-0.2, -0.15) is 0 Å². The average Bonchev–Trinajstić information content (AvgIpc) is 2.72. The minimum Gasteiger partial charge on any atom is -0.326 e. The quantitative estimate of drug-likeness (QED) is 0.545. The van der Waals surface area contributed by atoms with Gasteiger partial charge in [-0.1, -0.05) is 35.8 Å². The maximum absolute atomic E-state index is 13.2. The van der Waals surface area contributed by atoms with E-state index >= 15 is 0 Å².